The Labute approximate surface area is 115 Å². The average Bonchev–Trinajstić information content (AvgIpc) is 2.44. The second kappa shape index (κ2) is 6.64. The number of aromatic nitrogens is 1. The Bertz CT molecular complexity index is 400. The standard InChI is InChI=1S/C15H25N3O/c1-3-4-11-5-7-12(8-6-11)17-15-13(16)9-10-14(18-15)19-2/h9-12H,3-8,16H2,1-2H3,(H,17,18). The first-order valence-corrected chi connectivity index (χ1v) is 7.30. The molecule has 1 saturated carbocycles. The maximum absolute atomic E-state index is 5.96. The monoisotopic (exact) mass is 263 g/mol. The summed E-state index contributed by atoms with van der Waals surface area (Å²) >= 11 is 0. The summed E-state index contributed by atoms with van der Waals surface area (Å²) in [7, 11) is 1.62. The van der Waals surface area contributed by atoms with Crippen molar-refractivity contribution in [1.82, 2.24) is 4.98 Å². The fraction of sp³-hybridized carbons (Fsp3) is 0.667. The summed E-state index contributed by atoms with van der Waals surface area (Å²) in [6, 6.07) is 4.13. The molecule has 0 saturated heterocycles. The summed E-state index contributed by atoms with van der Waals surface area (Å²) in [5, 5.41) is 3.47. The molecule has 2 rings (SSSR count). The first-order chi connectivity index (χ1) is 9.22. The minimum atomic E-state index is 0.495. The van der Waals surface area contributed by atoms with E-state index in [0.29, 0.717) is 17.6 Å². The average molecular weight is 263 g/mol. The van der Waals surface area contributed by atoms with Crippen molar-refractivity contribution >= 4 is 11.5 Å². The molecule has 1 aliphatic carbocycles. The van der Waals surface area contributed by atoms with Gasteiger partial charge in [0.2, 0.25) is 5.88 Å². The van der Waals surface area contributed by atoms with E-state index in [2.05, 4.69) is 17.2 Å². The molecular weight excluding hydrogens is 238 g/mol. The van der Waals surface area contributed by atoms with Crippen LogP contribution >= 0.6 is 0 Å². The molecule has 19 heavy (non-hydrogen) atoms. The van der Waals surface area contributed by atoms with Crippen LogP contribution in [0.5, 0.6) is 5.88 Å². The molecule has 4 nitrogen and oxygen atoms in total. The zero-order valence-electron chi connectivity index (χ0n) is 12.0. The molecule has 4 heteroatoms. The molecule has 1 heterocycles. The smallest absolute Gasteiger partial charge is 0.215 e. The highest BCUT2D eigenvalue weighted by molar-refractivity contribution is 5.62. The highest BCUT2D eigenvalue weighted by Crippen LogP contribution is 2.30. The second-order valence-corrected chi connectivity index (χ2v) is 5.44. The number of rotatable bonds is 5. The van der Waals surface area contributed by atoms with Crippen LogP contribution in [-0.4, -0.2) is 18.1 Å². The summed E-state index contributed by atoms with van der Waals surface area (Å²) in [5.41, 5.74) is 6.65. The normalized spacial score (nSPS) is 23.1. The lowest BCUT2D eigenvalue weighted by molar-refractivity contribution is 0.318. The molecule has 1 fully saturated rings. The molecule has 3 N–H and O–H groups in total. The molecule has 0 bridgehead atoms. The van der Waals surface area contributed by atoms with Crippen LogP contribution in [-0.2, 0) is 0 Å². The number of ether oxygens (including phenoxy) is 1. The van der Waals surface area contributed by atoms with Crippen molar-refractivity contribution in [2.24, 2.45) is 5.92 Å². The third-order valence-electron chi connectivity index (χ3n) is 3.99. The van der Waals surface area contributed by atoms with E-state index in [1.807, 2.05) is 6.07 Å². The van der Waals surface area contributed by atoms with E-state index in [1.54, 1.807) is 13.2 Å². The number of nitrogen functional groups attached to an aromatic ring is 1. The predicted molar refractivity (Wildman–Crippen MR) is 79.5 cm³/mol. The van der Waals surface area contributed by atoms with Gasteiger partial charge in [0.15, 0.2) is 5.82 Å². The Kier molecular flexibility index (Phi) is 4.88. The number of methoxy groups -OCH3 is 1. The van der Waals surface area contributed by atoms with Gasteiger partial charge < -0.3 is 15.8 Å². The van der Waals surface area contributed by atoms with Gasteiger partial charge in [-0.25, -0.2) is 0 Å². The fourth-order valence-electron chi connectivity index (χ4n) is 2.88. The third kappa shape index (κ3) is 3.75. The maximum atomic E-state index is 5.96. The summed E-state index contributed by atoms with van der Waals surface area (Å²) in [6.07, 6.45) is 7.72. The van der Waals surface area contributed by atoms with Crippen LogP contribution in [0.3, 0.4) is 0 Å². The Balaban J connectivity index is 1.91. The third-order valence-corrected chi connectivity index (χ3v) is 3.99. The molecule has 1 aromatic heterocycles. The molecular formula is C15H25N3O. The molecule has 0 radical (unpaired) electrons. The highest BCUT2D eigenvalue weighted by atomic mass is 16.5. The molecule has 1 aromatic rings. The van der Waals surface area contributed by atoms with Crippen molar-refractivity contribution in [1.29, 1.82) is 0 Å². The molecule has 0 unspecified atom stereocenters. The first kappa shape index (κ1) is 14.0. The van der Waals surface area contributed by atoms with E-state index < -0.39 is 0 Å². The van der Waals surface area contributed by atoms with E-state index in [1.165, 1.54) is 38.5 Å². The van der Waals surface area contributed by atoms with Crippen LogP contribution in [0.15, 0.2) is 12.1 Å². The van der Waals surface area contributed by atoms with Gasteiger partial charge in [-0.15, -0.1) is 0 Å². The molecule has 0 spiro atoms. The van der Waals surface area contributed by atoms with Gasteiger partial charge >= 0.3 is 0 Å². The van der Waals surface area contributed by atoms with Gasteiger partial charge in [0.05, 0.1) is 12.8 Å². The molecule has 0 aliphatic heterocycles. The molecule has 0 amide bonds. The van der Waals surface area contributed by atoms with Crippen molar-refractivity contribution < 1.29 is 4.74 Å². The molecule has 106 valence electrons. The number of nitrogens with zero attached hydrogens (tertiary/aromatic N) is 1. The fourth-order valence-corrected chi connectivity index (χ4v) is 2.88. The van der Waals surface area contributed by atoms with Gasteiger partial charge in [0, 0.05) is 12.1 Å². The Morgan fingerprint density at radius 3 is 2.68 bits per heavy atom. The quantitative estimate of drug-likeness (QED) is 0.854. The number of nitrogens with two attached hydrogens (primary N) is 1. The van der Waals surface area contributed by atoms with Gasteiger partial charge in [0.25, 0.3) is 0 Å². The van der Waals surface area contributed by atoms with Gasteiger partial charge in [-0.1, -0.05) is 19.8 Å². The zero-order valence-corrected chi connectivity index (χ0v) is 12.0. The Morgan fingerprint density at radius 2 is 2.05 bits per heavy atom. The lowest BCUT2D eigenvalue weighted by Gasteiger charge is -2.29. The first-order valence-electron chi connectivity index (χ1n) is 7.30. The summed E-state index contributed by atoms with van der Waals surface area (Å²) in [6.45, 7) is 2.27. The van der Waals surface area contributed by atoms with Crippen LogP contribution < -0.4 is 15.8 Å². The topological polar surface area (TPSA) is 60.2 Å². The lowest BCUT2D eigenvalue weighted by atomic mass is 9.83. The second-order valence-electron chi connectivity index (χ2n) is 5.44. The van der Waals surface area contributed by atoms with Crippen molar-refractivity contribution in [2.75, 3.05) is 18.2 Å². The van der Waals surface area contributed by atoms with E-state index in [4.69, 9.17) is 10.5 Å². The predicted octanol–water partition coefficient (Wildman–Crippen LogP) is 3.44. The number of hydrogen-bond acceptors (Lipinski definition) is 4. The van der Waals surface area contributed by atoms with Gasteiger partial charge in [0.1, 0.15) is 0 Å². The summed E-state index contributed by atoms with van der Waals surface area (Å²) < 4.78 is 5.14. The van der Waals surface area contributed by atoms with E-state index >= 15 is 0 Å². The van der Waals surface area contributed by atoms with Crippen LogP contribution in [0.25, 0.3) is 0 Å². The maximum Gasteiger partial charge on any atom is 0.215 e. The highest BCUT2D eigenvalue weighted by Gasteiger charge is 2.21. The molecule has 0 atom stereocenters. The van der Waals surface area contributed by atoms with Crippen LogP contribution in [0, 0.1) is 5.92 Å². The van der Waals surface area contributed by atoms with E-state index in [-0.39, 0.29) is 0 Å². The van der Waals surface area contributed by atoms with Crippen molar-refractivity contribution in [3.05, 3.63) is 12.1 Å². The van der Waals surface area contributed by atoms with Gasteiger partial charge in [-0.2, -0.15) is 4.98 Å². The van der Waals surface area contributed by atoms with Crippen LogP contribution in [0.4, 0.5) is 11.5 Å². The SMILES string of the molecule is CCCC1CCC(Nc2nc(OC)ccc2N)CC1. The summed E-state index contributed by atoms with van der Waals surface area (Å²) in [4.78, 5) is 4.38. The minimum Gasteiger partial charge on any atom is -0.481 e. The van der Waals surface area contributed by atoms with E-state index in [0.717, 1.165) is 11.7 Å². The summed E-state index contributed by atoms with van der Waals surface area (Å²) in [5.74, 6) is 2.29. The molecule has 0 aromatic carbocycles. The number of nitrogens with one attached hydrogen (secondary N) is 1. The number of pyridine rings is 1. The van der Waals surface area contributed by atoms with E-state index in [9.17, 15) is 0 Å². The number of anilines is 2. The van der Waals surface area contributed by atoms with Crippen molar-refractivity contribution in [3.8, 4) is 5.88 Å². The van der Waals surface area contributed by atoms with Crippen LogP contribution in [0.2, 0.25) is 0 Å². The Hall–Kier alpha value is -1.45. The zero-order chi connectivity index (χ0) is 13.7. The Morgan fingerprint density at radius 1 is 1.32 bits per heavy atom. The van der Waals surface area contributed by atoms with Crippen molar-refractivity contribution in [2.45, 2.75) is 51.5 Å². The number of hydrogen-bond donors (Lipinski definition) is 2. The van der Waals surface area contributed by atoms with Crippen LogP contribution in [0.1, 0.15) is 45.4 Å². The minimum absolute atomic E-state index is 0.495. The van der Waals surface area contributed by atoms with Crippen molar-refractivity contribution in [3.63, 3.8) is 0 Å². The van der Waals surface area contributed by atoms with Gasteiger partial charge in [-0.3, -0.25) is 0 Å². The molecule has 1 aliphatic rings. The van der Waals surface area contributed by atoms with Gasteiger partial charge in [-0.05, 0) is 37.7 Å². The largest absolute Gasteiger partial charge is 0.481 e. The lowest BCUT2D eigenvalue weighted by Crippen LogP contribution is -2.27.